The predicted molar refractivity (Wildman–Crippen MR) is 84.4 cm³/mol. The maximum absolute atomic E-state index is 12.2. The maximum atomic E-state index is 12.2. The van der Waals surface area contributed by atoms with E-state index in [1.165, 1.54) is 25.4 Å². The van der Waals surface area contributed by atoms with Gasteiger partial charge in [0.15, 0.2) is 0 Å². The lowest BCUT2D eigenvalue weighted by Crippen LogP contribution is -2.14. The summed E-state index contributed by atoms with van der Waals surface area (Å²) < 4.78 is 4.66. The van der Waals surface area contributed by atoms with E-state index in [0.717, 1.165) is 0 Å². The minimum Gasteiger partial charge on any atom is -0.465 e. The number of amides is 2. The van der Waals surface area contributed by atoms with Crippen molar-refractivity contribution in [2.75, 3.05) is 17.7 Å². The van der Waals surface area contributed by atoms with Gasteiger partial charge >= 0.3 is 5.97 Å². The molecule has 0 aliphatic rings. The molecule has 22 heavy (non-hydrogen) atoms. The number of hydrogen-bond donors (Lipinski definition) is 2. The number of carbonyl (C=O) groups is 3. The summed E-state index contributed by atoms with van der Waals surface area (Å²) in [6.07, 6.45) is 0. The molecule has 1 aromatic carbocycles. The first-order valence-electron chi connectivity index (χ1n) is 6.36. The van der Waals surface area contributed by atoms with Crippen molar-refractivity contribution in [2.24, 2.45) is 0 Å². The minimum atomic E-state index is -0.503. The van der Waals surface area contributed by atoms with Crippen molar-refractivity contribution in [1.82, 2.24) is 0 Å². The van der Waals surface area contributed by atoms with Crippen molar-refractivity contribution in [3.05, 3.63) is 46.2 Å². The molecule has 2 amide bonds. The molecule has 6 nitrogen and oxygen atoms in total. The molecule has 0 unspecified atom stereocenters. The van der Waals surface area contributed by atoms with Crippen LogP contribution >= 0.6 is 11.3 Å². The Morgan fingerprint density at radius 1 is 1.14 bits per heavy atom. The molecular formula is C15H14N2O4S. The third-order valence-corrected chi connectivity index (χ3v) is 3.62. The smallest absolute Gasteiger partial charge is 0.350 e. The SMILES string of the molecule is COC(=O)c1sccc1NC(=O)c1cccc(NC(C)=O)c1. The Morgan fingerprint density at radius 2 is 1.91 bits per heavy atom. The zero-order valence-electron chi connectivity index (χ0n) is 12.0. The molecule has 0 fully saturated rings. The minimum absolute atomic E-state index is 0.219. The highest BCUT2D eigenvalue weighted by Crippen LogP contribution is 2.24. The summed E-state index contributed by atoms with van der Waals surface area (Å²) in [5.41, 5.74) is 1.29. The number of hydrogen-bond acceptors (Lipinski definition) is 5. The van der Waals surface area contributed by atoms with Crippen LogP contribution in [0.15, 0.2) is 35.7 Å². The summed E-state index contributed by atoms with van der Waals surface area (Å²) in [5.74, 6) is -1.10. The quantitative estimate of drug-likeness (QED) is 0.849. The molecule has 0 atom stereocenters. The van der Waals surface area contributed by atoms with Crippen LogP contribution in [0.3, 0.4) is 0 Å². The Bertz CT molecular complexity index is 724. The van der Waals surface area contributed by atoms with E-state index in [4.69, 9.17) is 0 Å². The van der Waals surface area contributed by atoms with Crippen LogP contribution in [0.1, 0.15) is 27.0 Å². The summed E-state index contributed by atoms with van der Waals surface area (Å²) >= 11 is 1.18. The molecule has 1 heterocycles. The lowest BCUT2D eigenvalue weighted by Gasteiger charge is -2.07. The molecule has 2 aromatic rings. The van der Waals surface area contributed by atoms with Crippen LogP contribution in [0.5, 0.6) is 0 Å². The number of ether oxygens (including phenoxy) is 1. The zero-order chi connectivity index (χ0) is 16.1. The number of rotatable bonds is 4. The molecule has 0 saturated carbocycles. The number of esters is 1. The van der Waals surface area contributed by atoms with Gasteiger partial charge in [0.25, 0.3) is 5.91 Å². The van der Waals surface area contributed by atoms with Gasteiger partial charge in [-0.3, -0.25) is 9.59 Å². The van der Waals surface area contributed by atoms with Gasteiger partial charge in [-0.1, -0.05) is 6.07 Å². The number of nitrogens with one attached hydrogen (secondary N) is 2. The lowest BCUT2D eigenvalue weighted by molar-refractivity contribution is -0.114. The van der Waals surface area contributed by atoms with Gasteiger partial charge in [-0.25, -0.2) is 4.79 Å². The van der Waals surface area contributed by atoms with Crippen molar-refractivity contribution < 1.29 is 19.1 Å². The normalized spacial score (nSPS) is 9.91. The summed E-state index contributed by atoms with van der Waals surface area (Å²) in [5, 5.41) is 6.96. The van der Waals surface area contributed by atoms with Gasteiger partial charge < -0.3 is 15.4 Å². The fourth-order valence-corrected chi connectivity index (χ4v) is 2.56. The van der Waals surface area contributed by atoms with Crippen LogP contribution < -0.4 is 10.6 Å². The van der Waals surface area contributed by atoms with Crippen LogP contribution in [-0.4, -0.2) is 24.9 Å². The van der Waals surface area contributed by atoms with Gasteiger partial charge in [0.1, 0.15) is 4.88 Å². The summed E-state index contributed by atoms with van der Waals surface area (Å²) in [7, 11) is 1.28. The molecule has 1 aromatic heterocycles. The highest BCUT2D eigenvalue weighted by Gasteiger charge is 2.16. The van der Waals surface area contributed by atoms with E-state index in [1.807, 2.05) is 0 Å². The van der Waals surface area contributed by atoms with Crippen LogP contribution in [0, 0.1) is 0 Å². The predicted octanol–water partition coefficient (Wildman–Crippen LogP) is 2.75. The number of benzene rings is 1. The number of thiophene rings is 1. The van der Waals surface area contributed by atoms with Crippen LogP contribution in [0.2, 0.25) is 0 Å². The van der Waals surface area contributed by atoms with E-state index >= 15 is 0 Å². The van der Waals surface area contributed by atoms with Crippen molar-refractivity contribution in [2.45, 2.75) is 6.92 Å². The zero-order valence-corrected chi connectivity index (χ0v) is 12.8. The van der Waals surface area contributed by atoms with E-state index < -0.39 is 5.97 Å². The first-order chi connectivity index (χ1) is 10.5. The Hall–Kier alpha value is -2.67. The Morgan fingerprint density at radius 3 is 2.59 bits per heavy atom. The highest BCUT2D eigenvalue weighted by molar-refractivity contribution is 7.12. The average Bonchev–Trinajstić information content (AvgIpc) is 2.94. The van der Waals surface area contributed by atoms with E-state index in [0.29, 0.717) is 21.8 Å². The van der Waals surface area contributed by atoms with Gasteiger partial charge in [0, 0.05) is 18.2 Å². The number of anilines is 2. The third kappa shape index (κ3) is 3.70. The van der Waals surface area contributed by atoms with E-state index in [-0.39, 0.29) is 11.8 Å². The van der Waals surface area contributed by atoms with Crippen LogP contribution in [0.4, 0.5) is 11.4 Å². The molecule has 2 rings (SSSR count). The lowest BCUT2D eigenvalue weighted by atomic mass is 10.2. The summed E-state index contributed by atoms with van der Waals surface area (Å²) in [6, 6.07) is 8.15. The van der Waals surface area contributed by atoms with E-state index in [2.05, 4.69) is 15.4 Å². The van der Waals surface area contributed by atoms with Gasteiger partial charge in [0.2, 0.25) is 5.91 Å². The monoisotopic (exact) mass is 318 g/mol. The first kappa shape index (κ1) is 15.7. The highest BCUT2D eigenvalue weighted by atomic mass is 32.1. The van der Waals surface area contributed by atoms with Gasteiger partial charge in [-0.05, 0) is 29.6 Å². The van der Waals surface area contributed by atoms with E-state index in [1.54, 1.807) is 35.7 Å². The second-order valence-corrected chi connectivity index (χ2v) is 5.29. The topological polar surface area (TPSA) is 84.5 Å². The Kier molecular flexibility index (Phi) is 4.90. The van der Waals surface area contributed by atoms with Crippen LogP contribution in [-0.2, 0) is 9.53 Å². The molecule has 0 bridgehead atoms. The van der Waals surface area contributed by atoms with Crippen molar-refractivity contribution >= 4 is 40.5 Å². The second kappa shape index (κ2) is 6.86. The standard InChI is InChI=1S/C15H14N2O4S/c1-9(18)16-11-5-3-4-10(8-11)14(19)17-12-6-7-22-13(12)15(20)21-2/h3-8H,1-2H3,(H,16,18)(H,17,19). The third-order valence-electron chi connectivity index (χ3n) is 2.73. The van der Waals surface area contributed by atoms with Gasteiger partial charge in [-0.15, -0.1) is 11.3 Å². The average molecular weight is 318 g/mol. The Balaban J connectivity index is 2.18. The Labute approximate surface area is 131 Å². The van der Waals surface area contributed by atoms with Crippen molar-refractivity contribution in [1.29, 1.82) is 0 Å². The molecule has 2 N–H and O–H groups in total. The summed E-state index contributed by atoms with van der Waals surface area (Å²) in [6.45, 7) is 1.39. The molecule has 7 heteroatoms. The molecular weight excluding hydrogens is 304 g/mol. The molecule has 0 saturated heterocycles. The van der Waals surface area contributed by atoms with Crippen LogP contribution in [0.25, 0.3) is 0 Å². The number of methoxy groups -OCH3 is 1. The van der Waals surface area contributed by atoms with Gasteiger partial charge in [-0.2, -0.15) is 0 Å². The molecule has 0 radical (unpaired) electrons. The van der Waals surface area contributed by atoms with Gasteiger partial charge in [0.05, 0.1) is 12.8 Å². The summed E-state index contributed by atoms with van der Waals surface area (Å²) in [4.78, 5) is 35.2. The molecule has 0 aliphatic carbocycles. The number of carbonyl (C=O) groups excluding carboxylic acids is 3. The fourth-order valence-electron chi connectivity index (χ4n) is 1.79. The first-order valence-corrected chi connectivity index (χ1v) is 7.24. The van der Waals surface area contributed by atoms with E-state index in [9.17, 15) is 14.4 Å². The maximum Gasteiger partial charge on any atom is 0.350 e. The largest absolute Gasteiger partial charge is 0.465 e. The van der Waals surface area contributed by atoms with Crippen molar-refractivity contribution in [3.63, 3.8) is 0 Å². The van der Waals surface area contributed by atoms with Crippen molar-refractivity contribution in [3.8, 4) is 0 Å². The second-order valence-electron chi connectivity index (χ2n) is 4.37. The molecule has 0 spiro atoms. The molecule has 114 valence electrons. The molecule has 0 aliphatic heterocycles. The fraction of sp³-hybridized carbons (Fsp3) is 0.133.